The third-order valence-electron chi connectivity index (χ3n) is 5.94. The fourth-order valence-corrected chi connectivity index (χ4v) is 4.27. The van der Waals surface area contributed by atoms with Gasteiger partial charge in [0, 0.05) is 31.2 Å². The van der Waals surface area contributed by atoms with Gasteiger partial charge in [-0.3, -0.25) is 9.59 Å². The number of amides is 2. The van der Waals surface area contributed by atoms with Crippen molar-refractivity contribution in [2.24, 2.45) is 0 Å². The van der Waals surface area contributed by atoms with Crippen LogP contribution < -0.4 is 4.74 Å². The first-order chi connectivity index (χ1) is 15.3. The predicted molar refractivity (Wildman–Crippen MR) is 112 cm³/mol. The van der Waals surface area contributed by atoms with Crippen molar-refractivity contribution >= 4 is 11.8 Å². The van der Waals surface area contributed by atoms with E-state index in [-0.39, 0.29) is 23.6 Å². The summed E-state index contributed by atoms with van der Waals surface area (Å²) in [6.07, 6.45) is -0.791. The van der Waals surface area contributed by atoms with Crippen molar-refractivity contribution in [2.45, 2.75) is 31.5 Å². The molecule has 1 atom stereocenters. The van der Waals surface area contributed by atoms with Gasteiger partial charge >= 0.3 is 6.18 Å². The first kappa shape index (κ1) is 21.9. The monoisotopic (exact) mass is 444 g/mol. The van der Waals surface area contributed by atoms with Crippen molar-refractivity contribution in [3.63, 3.8) is 0 Å². The van der Waals surface area contributed by atoms with Gasteiger partial charge in [-0.15, -0.1) is 0 Å². The summed E-state index contributed by atoms with van der Waals surface area (Å²) in [6.45, 7) is 5.25. The van der Waals surface area contributed by atoms with Gasteiger partial charge in [0.2, 0.25) is 5.91 Å². The minimum Gasteiger partial charge on any atom is -0.457 e. The van der Waals surface area contributed by atoms with Crippen LogP contribution >= 0.6 is 0 Å². The zero-order valence-electron chi connectivity index (χ0n) is 17.4. The van der Waals surface area contributed by atoms with Crippen LogP contribution in [0.25, 0.3) is 0 Å². The van der Waals surface area contributed by atoms with Crippen molar-refractivity contribution < 1.29 is 27.5 Å². The Hall–Kier alpha value is -3.29. The lowest BCUT2D eigenvalue weighted by molar-refractivity contribution is -0.137. The van der Waals surface area contributed by atoms with Crippen LogP contribution in [-0.2, 0) is 17.4 Å². The molecule has 0 aromatic heterocycles. The quantitative estimate of drug-likeness (QED) is 0.644. The lowest BCUT2D eigenvalue weighted by Gasteiger charge is -2.41. The van der Waals surface area contributed by atoms with Crippen LogP contribution in [0.5, 0.6) is 11.5 Å². The predicted octanol–water partition coefficient (Wildman–Crippen LogP) is 4.67. The number of fused-ring (bicyclic) bond motifs is 1. The molecule has 32 heavy (non-hydrogen) atoms. The summed E-state index contributed by atoms with van der Waals surface area (Å²) in [5, 5.41) is 0. The van der Waals surface area contributed by atoms with Gasteiger partial charge in [-0.25, -0.2) is 0 Å². The van der Waals surface area contributed by atoms with Crippen molar-refractivity contribution in [3.05, 3.63) is 71.8 Å². The van der Waals surface area contributed by atoms with Crippen molar-refractivity contribution in [1.29, 1.82) is 0 Å². The maximum Gasteiger partial charge on any atom is 0.416 e. The highest BCUT2D eigenvalue weighted by molar-refractivity contribution is 5.97. The standard InChI is InChI=1S/C24H23F3N2O3/c1-2-22(30)28-12-3-4-18(15-28)29-13-11-16-5-8-20(14-21(16)23(29)31)32-19-9-6-17(7-10-19)24(25,26)27/h2,5-10,14,18H,1,3-4,11-13,15H2. The number of carbonyl (C=O) groups excluding carboxylic acids is 2. The van der Waals surface area contributed by atoms with E-state index in [0.717, 1.165) is 30.5 Å². The Morgan fingerprint density at radius 2 is 1.81 bits per heavy atom. The Morgan fingerprint density at radius 3 is 2.50 bits per heavy atom. The molecule has 1 saturated heterocycles. The normalized spacial score (nSPS) is 18.8. The van der Waals surface area contributed by atoms with Gasteiger partial charge in [-0.05, 0) is 67.3 Å². The Kier molecular flexibility index (Phi) is 5.95. The molecular formula is C24H23F3N2O3. The molecule has 1 fully saturated rings. The average Bonchev–Trinajstić information content (AvgIpc) is 2.79. The molecule has 2 aromatic rings. The number of benzene rings is 2. The summed E-state index contributed by atoms with van der Waals surface area (Å²) >= 11 is 0. The van der Waals surface area contributed by atoms with Crippen molar-refractivity contribution in [3.8, 4) is 11.5 Å². The molecule has 0 N–H and O–H groups in total. The van der Waals surface area contributed by atoms with Crippen LogP contribution in [0, 0.1) is 0 Å². The van der Waals surface area contributed by atoms with Gasteiger partial charge in [0.25, 0.3) is 5.91 Å². The van der Waals surface area contributed by atoms with Gasteiger partial charge in [-0.2, -0.15) is 13.2 Å². The van der Waals surface area contributed by atoms with Crippen LogP contribution in [0.4, 0.5) is 13.2 Å². The second-order valence-corrected chi connectivity index (χ2v) is 7.98. The number of nitrogens with zero attached hydrogens (tertiary/aromatic N) is 2. The smallest absolute Gasteiger partial charge is 0.416 e. The molecule has 1 unspecified atom stereocenters. The SMILES string of the molecule is C=CC(=O)N1CCCC(N2CCc3ccc(Oc4ccc(C(F)(F)F)cc4)cc3C2=O)C1. The number of rotatable bonds is 4. The highest BCUT2D eigenvalue weighted by Gasteiger charge is 2.34. The molecule has 0 aliphatic carbocycles. The number of halogens is 3. The number of carbonyl (C=O) groups is 2. The van der Waals surface area contributed by atoms with Crippen LogP contribution in [0.3, 0.4) is 0 Å². The first-order valence-corrected chi connectivity index (χ1v) is 10.5. The largest absolute Gasteiger partial charge is 0.457 e. The lowest BCUT2D eigenvalue weighted by atomic mass is 9.95. The van der Waals surface area contributed by atoms with E-state index in [1.54, 1.807) is 17.0 Å². The number of hydrogen-bond acceptors (Lipinski definition) is 3. The molecule has 2 aliphatic heterocycles. The topological polar surface area (TPSA) is 49.9 Å². The third-order valence-corrected chi connectivity index (χ3v) is 5.94. The van der Waals surface area contributed by atoms with Crippen LogP contribution in [0.2, 0.25) is 0 Å². The zero-order valence-corrected chi connectivity index (χ0v) is 17.4. The fourth-order valence-electron chi connectivity index (χ4n) is 4.27. The fraction of sp³-hybridized carbons (Fsp3) is 0.333. The zero-order chi connectivity index (χ0) is 22.9. The van der Waals surface area contributed by atoms with Gasteiger partial charge in [0.1, 0.15) is 11.5 Å². The molecule has 0 saturated carbocycles. The second-order valence-electron chi connectivity index (χ2n) is 7.98. The summed E-state index contributed by atoms with van der Waals surface area (Å²) in [6, 6.07) is 9.53. The second kappa shape index (κ2) is 8.68. The van der Waals surface area contributed by atoms with E-state index >= 15 is 0 Å². The maximum atomic E-state index is 13.2. The molecule has 4 rings (SSSR count). The lowest BCUT2D eigenvalue weighted by Crippen LogP contribution is -2.53. The number of piperidine rings is 1. The van der Waals surface area contributed by atoms with E-state index in [1.807, 2.05) is 11.0 Å². The minimum atomic E-state index is -4.41. The molecule has 168 valence electrons. The summed E-state index contributed by atoms with van der Waals surface area (Å²) in [7, 11) is 0. The highest BCUT2D eigenvalue weighted by atomic mass is 19.4. The average molecular weight is 444 g/mol. The van der Waals surface area contributed by atoms with Crippen LogP contribution in [0.1, 0.15) is 34.3 Å². The van der Waals surface area contributed by atoms with Crippen LogP contribution in [0.15, 0.2) is 55.1 Å². The summed E-state index contributed by atoms with van der Waals surface area (Å²) in [5.41, 5.74) is 0.672. The Morgan fingerprint density at radius 1 is 1.09 bits per heavy atom. The summed E-state index contributed by atoms with van der Waals surface area (Å²) in [4.78, 5) is 28.8. The third kappa shape index (κ3) is 4.49. The maximum absolute atomic E-state index is 13.2. The molecule has 2 heterocycles. The van der Waals surface area contributed by atoms with Gasteiger partial charge in [-0.1, -0.05) is 12.6 Å². The molecule has 2 amide bonds. The Labute approximate surface area is 184 Å². The van der Waals surface area contributed by atoms with Gasteiger partial charge in [0.05, 0.1) is 5.56 Å². The Bertz CT molecular complexity index is 1030. The molecule has 0 bridgehead atoms. The number of hydrogen-bond donors (Lipinski definition) is 0. The summed E-state index contributed by atoms with van der Waals surface area (Å²) < 4.78 is 43.9. The van der Waals surface area contributed by atoms with Gasteiger partial charge < -0.3 is 14.5 Å². The number of likely N-dealkylation sites (tertiary alicyclic amines) is 1. The molecule has 0 radical (unpaired) electrons. The molecular weight excluding hydrogens is 421 g/mol. The summed E-state index contributed by atoms with van der Waals surface area (Å²) in [5.74, 6) is 0.378. The first-order valence-electron chi connectivity index (χ1n) is 10.5. The van der Waals surface area contributed by atoms with E-state index in [2.05, 4.69) is 6.58 Å². The molecule has 2 aliphatic rings. The molecule has 2 aromatic carbocycles. The highest BCUT2D eigenvalue weighted by Crippen LogP contribution is 2.33. The van der Waals surface area contributed by atoms with Crippen molar-refractivity contribution in [1.82, 2.24) is 9.80 Å². The molecule has 8 heteroatoms. The van der Waals surface area contributed by atoms with E-state index in [9.17, 15) is 22.8 Å². The molecule has 0 spiro atoms. The number of alkyl halides is 3. The minimum absolute atomic E-state index is 0.0622. The van der Waals surface area contributed by atoms with Crippen LogP contribution in [-0.4, -0.2) is 47.3 Å². The van der Waals surface area contributed by atoms with E-state index in [0.29, 0.717) is 37.4 Å². The van der Waals surface area contributed by atoms with Gasteiger partial charge in [0.15, 0.2) is 0 Å². The molecule has 5 nitrogen and oxygen atoms in total. The Balaban J connectivity index is 1.50. The van der Waals surface area contributed by atoms with E-state index in [1.165, 1.54) is 18.2 Å². The van der Waals surface area contributed by atoms with Crippen molar-refractivity contribution in [2.75, 3.05) is 19.6 Å². The number of ether oxygens (including phenoxy) is 1. The van der Waals surface area contributed by atoms with E-state index < -0.39 is 11.7 Å². The van der Waals surface area contributed by atoms with E-state index in [4.69, 9.17) is 4.74 Å².